The van der Waals surface area contributed by atoms with E-state index in [9.17, 15) is 0 Å². The molecule has 0 N–H and O–H groups in total. The van der Waals surface area contributed by atoms with Gasteiger partial charge in [-0.2, -0.15) is 0 Å². The molecule has 5 heteroatoms. The maximum atomic E-state index is 5.31. The first-order valence-electron chi connectivity index (χ1n) is 8.95. The Morgan fingerprint density at radius 2 is 1.88 bits per heavy atom. The summed E-state index contributed by atoms with van der Waals surface area (Å²) in [4.78, 5) is 9.68. The number of fused-ring (bicyclic) bond motifs is 1. The van der Waals surface area contributed by atoms with Crippen LogP contribution in [0.1, 0.15) is 5.56 Å². The maximum absolute atomic E-state index is 5.31. The average molecular weight is 366 g/mol. The Hall–Kier alpha value is -2.37. The Kier molecular flexibility index (Phi) is 5.18. The largest absolute Gasteiger partial charge is 0.497 e. The predicted octanol–water partition coefficient (Wildman–Crippen LogP) is 4.14. The van der Waals surface area contributed by atoms with E-state index in [1.54, 1.807) is 18.4 Å². The van der Waals surface area contributed by atoms with Crippen LogP contribution in [0, 0.1) is 0 Å². The highest BCUT2D eigenvalue weighted by atomic mass is 32.1. The predicted molar refractivity (Wildman–Crippen MR) is 110 cm³/mol. The molecule has 0 unspecified atom stereocenters. The summed E-state index contributed by atoms with van der Waals surface area (Å²) in [7, 11) is 1.70. The summed E-state index contributed by atoms with van der Waals surface area (Å²) in [5.74, 6) is 0.891. The van der Waals surface area contributed by atoms with E-state index in [2.05, 4.69) is 58.4 Å². The molecular weight excluding hydrogens is 342 g/mol. The second kappa shape index (κ2) is 7.89. The molecule has 0 aliphatic carbocycles. The molecule has 0 spiro atoms. The number of aromatic nitrogens is 1. The van der Waals surface area contributed by atoms with E-state index in [4.69, 9.17) is 9.72 Å². The van der Waals surface area contributed by atoms with Crippen LogP contribution in [0.5, 0.6) is 5.75 Å². The van der Waals surface area contributed by atoms with E-state index in [1.165, 1.54) is 10.3 Å². The number of benzene rings is 2. The van der Waals surface area contributed by atoms with E-state index in [-0.39, 0.29) is 0 Å². The summed E-state index contributed by atoms with van der Waals surface area (Å²) in [6.07, 6.45) is 4.46. The highest BCUT2D eigenvalue weighted by Crippen LogP contribution is 2.31. The lowest BCUT2D eigenvalue weighted by Gasteiger charge is -2.33. The lowest BCUT2D eigenvalue weighted by Crippen LogP contribution is -2.46. The van der Waals surface area contributed by atoms with E-state index in [1.807, 2.05) is 12.1 Å². The number of hydrogen-bond donors (Lipinski definition) is 0. The lowest BCUT2D eigenvalue weighted by molar-refractivity contribution is 0.284. The molecule has 1 fully saturated rings. The molecule has 0 atom stereocenters. The minimum atomic E-state index is 0.891. The molecule has 0 amide bonds. The van der Waals surface area contributed by atoms with Crippen molar-refractivity contribution >= 4 is 32.8 Å². The van der Waals surface area contributed by atoms with Crippen LogP contribution in [0.2, 0.25) is 0 Å². The molecule has 1 aliphatic rings. The lowest BCUT2D eigenvalue weighted by atomic mass is 10.2. The van der Waals surface area contributed by atoms with Crippen LogP contribution >= 0.6 is 11.3 Å². The summed E-state index contributed by atoms with van der Waals surface area (Å²) in [5, 5.41) is 1.12. The zero-order chi connectivity index (χ0) is 17.8. The quantitative estimate of drug-likeness (QED) is 0.679. The Bertz CT molecular complexity index is 883. The van der Waals surface area contributed by atoms with Crippen LogP contribution in [-0.4, -0.2) is 49.7 Å². The fourth-order valence-corrected chi connectivity index (χ4v) is 4.22. The van der Waals surface area contributed by atoms with Gasteiger partial charge in [0.15, 0.2) is 5.13 Å². The van der Waals surface area contributed by atoms with Crippen molar-refractivity contribution in [2.24, 2.45) is 0 Å². The molecule has 0 bridgehead atoms. The molecule has 4 nitrogen and oxygen atoms in total. The molecule has 3 aromatic rings. The van der Waals surface area contributed by atoms with Crippen LogP contribution in [-0.2, 0) is 0 Å². The van der Waals surface area contributed by atoms with Gasteiger partial charge in [0.25, 0.3) is 0 Å². The van der Waals surface area contributed by atoms with Crippen molar-refractivity contribution in [2.75, 3.05) is 44.7 Å². The van der Waals surface area contributed by atoms with Crippen molar-refractivity contribution in [3.05, 3.63) is 60.2 Å². The number of methoxy groups -OCH3 is 1. The van der Waals surface area contributed by atoms with Crippen LogP contribution in [0.4, 0.5) is 5.13 Å². The molecule has 0 radical (unpaired) electrons. The number of ether oxygens (including phenoxy) is 1. The Balaban J connectivity index is 1.34. The molecule has 0 saturated carbocycles. The second-order valence-electron chi connectivity index (χ2n) is 6.43. The Morgan fingerprint density at radius 3 is 2.65 bits per heavy atom. The minimum Gasteiger partial charge on any atom is -0.497 e. The monoisotopic (exact) mass is 365 g/mol. The summed E-state index contributed by atoms with van der Waals surface area (Å²) < 4.78 is 6.50. The second-order valence-corrected chi connectivity index (χ2v) is 7.44. The number of rotatable bonds is 5. The number of hydrogen-bond acceptors (Lipinski definition) is 5. The van der Waals surface area contributed by atoms with E-state index in [0.29, 0.717) is 0 Å². The molecule has 4 rings (SSSR count). The van der Waals surface area contributed by atoms with E-state index < -0.39 is 0 Å². The van der Waals surface area contributed by atoms with Gasteiger partial charge >= 0.3 is 0 Å². The zero-order valence-corrected chi connectivity index (χ0v) is 15.8. The summed E-state index contributed by atoms with van der Waals surface area (Å²) in [6.45, 7) is 5.18. The molecule has 26 heavy (non-hydrogen) atoms. The van der Waals surface area contributed by atoms with Gasteiger partial charge in [-0.05, 0) is 23.8 Å². The molecule has 1 aliphatic heterocycles. The maximum Gasteiger partial charge on any atom is 0.186 e. The van der Waals surface area contributed by atoms with E-state index >= 15 is 0 Å². The number of anilines is 1. The smallest absolute Gasteiger partial charge is 0.186 e. The SMILES string of the molecule is COc1ccc2nc(N3CCN(C/C=C/c4ccccc4)CC3)sc2c1. The molecule has 134 valence electrons. The van der Waals surface area contributed by atoms with Gasteiger partial charge in [0.2, 0.25) is 0 Å². The summed E-state index contributed by atoms with van der Waals surface area (Å²) >= 11 is 1.75. The van der Waals surface area contributed by atoms with Gasteiger partial charge in [-0.25, -0.2) is 4.98 Å². The first-order chi connectivity index (χ1) is 12.8. The minimum absolute atomic E-state index is 0.891. The van der Waals surface area contributed by atoms with Crippen molar-refractivity contribution in [3.8, 4) is 5.75 Å². The number of thiazole rings is 1. The third-order valence-electron chi connectivity index (χ3n) is 4.70. The van der Waals surface area contributed by atoms with Crippen molar-refractivity contribution in [3.63, 3.8) is 0 Å². The van der Waals surface area contributed by atoms with Crippen LogP contribution < -0.4 is 9.64 Å². The zero-order valence-electron chi connectivity index (χ0n) is 15.0. The third kappa shape index (κ3) is 3.89. The van der Waals surface area contributed by atoms with Gasteiger partial charge in [-0.1, -0.05) is 53.8 Å². The normalized spacial score (nSPS) is 15.8. The van der Waals surface area contributed by atoms with Crippen LogP contribution in [0.15, 0.2) is 54.6 Å². The van der Waals surface area contributed by atoms with Crippen molar-refractivity contribution in [1.82, 2.24) is 9.88 Å². The van der Waals surface area contributed by atoms with Gasteiger partial charge < -0.3 is 9.64 Å². The molecule has 2 aromatic carbocycles. The summed E-state index contributed by atoms with van der Waals surface area (Å²) in [6, 6.07) is 16.6. The molecular formula is C21H23N3OS. The van der Waals surface area contributed by atoms with Crippen LogP contribution in [0.3, 0.4) is 0 Å². The fraction of sp³-hybridized carbons (Fsp3) is 0.286. The topological polar surface area (TPSA) is 28.6 Å². The first kappa shape index (κ1) is 17.1. The van der Waals surface area contributed by atoms with Crippen molar-refractivity contribution in [2.45, 2.75) is 0 Å². The summed E-state index contributed by atoms with van der Waals surface area (Å²) in [5.41, 5.74) is 2.31. The van der Waals surface area contributed by atoms with Gasteiger partial charge in [-0.3, -0.25) is 4.90 Å². The van der Waals surface area contributed by atoms with Gasteiger partial charge in [0, 0.05) is 32.7 Å². The van der Waals surface area contributed by atoms with Gasteiger partial charge in [0.1, 0.15) is 5.75 Å². The van der Waals surface area contributed by atoms with Gasteiger partial charge in [0.05, 0.1) is 17.3 Å². The average Bonchev–Trinajstić information content (AvgIpc) is 3.12. The molecule has 1 saturated heterocycles. The molecule has 2 heterocycles. The highest BCUT2D eigenvalue weighted by Gasteiger charge is 2.19. The Morgan fingerprint density at radius 1 is 1.08 bits per heavy atom. The standard InChI is InChI=1S/C21H23N3OS/c1-25-18-9-10-19-20(16-18)26-21(22-19)24-14-12-23(13-15-24)11-5-8-17-6-3-2-4-7-17/h2-10,16H,11-15H2,1H3/b8-5+. The van der Waals surface area contributed by atoms with Crippen LogP contribution in [0.25, 0.3) is 16.3 Å². The van der Waals surface area contributed by atoms with Crippen molar-refractivity contribution < 1.29 is 4.74 Å². The highest BCUT2D eigenvalue weighted by molar-refractivity contribution is 7.22. The first-order valence-corrected chi connectivity index (χ1v) is 9.77. The van der Waals surface area contributed by atoms with Gasteiger partial charge in [-0.15, -0.1) is 0 Å². The number of nitrogens with zero attached hydrogens (tertiary/aromatic N) is 3. The number of piperazine rings is 1. The fourth-order valence-electron chi connectivity index (χ4n) is 3.18. The molecule has 1 aromatic heterocycles. The third-order valence-corrected chi connectivity index (χ3v) is 5.78. The van der Waals surface area contributed by atoms with Crippen molar-refractivity contribution in [1.29, 1.82) is 0 Å². The van der Waals surface area contributed by atoms with E-state index in [0.717, 1.165) is 49.1 Å². The Labute approximate surface area is 158 Å².